The predicted octanol–water partition coefficient (Wildman–Crippen LogP) is 3.24. The van der Waals surface area contributed by atoms with E-state index >= 15 is 0 Å². The molecule has 0 unspecified atom stereocenters. The molecule has 2 aromatic heterocycles. The van der Waals surface area contributed by atoms with E-state index in [0.29, 0.717) is 13.1 Å². The first kappa shape index (κ1) is 22.8. The number of carbonyl (C=O) groups excluding carboxylic acids is 1. The molecule has 10 nitrogen and oxygen atoms in total. The van der Waals surface area contributed by atoms with Crippen LogP contribution in [0, 0.1) is 17.0 Å². The highest BCUT2D eigenvalue weighted by Crippen LogP contribution is 2.23. The maximum absolute atomic E-state index is 13.1. The molecule has 1 amide bonds. The molecule has 0 aliphatic carbocycles. The van der Waals surface area contributed by atoms with Crippen LogP contribution in [0.2, 0.25) is 0 Å². The van der Waals surface area contributed by atoms with E-state index in [-0.39, 0.29) is 34.9 Å². The fourth-order valence-electron chi connectivity index (χ4n) is 3.76. The topological polar surface area (TPSA) is 116 Å². The highest BCUT2D eigenvalue weighted by Gasteiger charge is 2.20. The van der Waals surface area contributed by atoms with Crippen LogP contribution in [-0.2, 0) is 17.9 Å². The maximum atomic E-state index is 13.1. The molecular formula is C24H24N6O4. The van der Waals surface area contributed by atoms with E-state index in [1.54, 1.807) is 17.0 Å². The third-order valence-corrected chi connectivity index (χ3v) is 5.51. The molecule has 0 saturated heterocycles. The summed E-state index contributed by atoms with van der Waals surface area (Å²) in [6, 6.07) is 14.1. The Bertz CT molecular complexity index is 1410. The zero-order valence-corrected chi connectivity index (χ0v) is 18.9. The number of nitro benzene ring substituents is 1. The van der Waals surface area contributed by atoms with Crippen LogP contribution in [0.3, 0.4) is 0 Å². The van der Waals surface area contributed by atoms with E-state index in [9.17, 15) is 19.7 Å². The molecule has 0 radical (unpaired) electrons. The van der Waals surface area contributed by atoms with Crippen LogP contribution in [0.4, 0.5) is 5.69 Å². The van der Waals surface area contributed by atoms with Crippen LogP contribution in [-0.4, -0.2) is 41.6 Å². The smallest absolute Gasteiger partial charge is 0.294 e. The number of amides is 1. The molecule has 2 heterocycles. The molecule has 0 bridgehead atoms. The van der Waals surface area contributed by atoms with Crippen LogP contribution < -0.4 is 5.56 Å². The second-order valence-electron chi connectivity index (χ2n) is 8.02. The molecule has 0 spiro atoms. The minimum absolute atomic E-state index is 0.153. The highest BCUT2D eigenvalue weighted by atomic mass is 16.6. The molecular weight excluding hydrogens is 436 g/mol. The summed E-state index contributed by atoms with van der Waals surface area (Å²) < 4.78 is 2.51. The van der Waals surface area contributed by atoms with Gasteiger partial charge in [-0.1, -0.05) is 48.9 Å². The number of hydrogen-bond donors (Lipinski definition) is 0. The van der Waals surface area contributed by atoms with Gasteiger partial charge >= 0.3 is 0 Å². The number of rotatable bonds is 8. The van der Waals surface area contributed by atoms with E-state index in [2.05, 4.69) is 10.1 Å². The standard InChI is InChI=1S/C24H24N6O4/c1-3-12-27(14-18-10-8-17(2)9-11-18)22(31)15-28-16-25-23-19(24(28)32)13-26-29(23)20-6-4-5-7-21(20)30(33)34/h4-11,13,16H,3,12,14-15H2,1-2H3. The minimum Gasteiger partial charge on any atom is -0.337 e. The van der Waals surface area contributed by atoms with Gasteiger partial charge in [0, 0.05) is 19.2 Å². The van der Waals surface area contributed by atoms with Gasteiger partial charge < -0.3 is 4.90 Å². The quantitative estimate of drug-likeness (QED) is 0.294. The Hall–Kier alpha value is -4.34. The molecule has 0 N–H and O–H groups in total. The number of carbonyl (C=O) groups is 1. The number of para-hydroxylation sites is 2. The average molecular weight is 460 g/mol. The molecule has 0 atom stereocenters. The highest BCUT2D eigenvalue weighted by molar-refractivity contribution is 5.78. The SMILES string of the molecule is CCCN(Cc1ccc(C)cc1)C(=O)Cn1cnc2c(cnn2-c2ccccc2[N+](=O)[O-])c1=O. The van der Waals surface area contributed by atoms with Crippen LogP contribution in [0.5, 0.6) is 0 Å². The largest absolute Gasteiger partial charge is 0.337 e. The fraction of sp³-hybridized carbons (Fsp3) is 0.250. The molecule has 0 aliphatic heterocycles. The predicted molar refractivity (Wildman–Crippen MR) is 127 cm³/mol. The summed E-state index contributed by atoms with van der Waals surface area (Å²) in [6.45, 7) is 4.85. The Morgan fingerprint density at radius 3 is 2.59 bits per heavy atom. The zero-order chi connectivity index (χ0) is 24.2. The van der Waals surface area contributed by atoms with Crippen molar-refractivity contribution in [2.75, 3.05) is 6.54 Å². The van der Waals surface area contributed by atoms with Crippen LogP contribution in [0.1, 0.15) is 24.5 Å². The van der Waals surface area contributed by atoms with Gasteiger partial charge in [0.2, 0.25) is 5.91 Å². The second kappa shape index (κ2) is 9.65. The van der Waals surface area contributed by atoms with Gasteiger partial charge in [-0.25, -0.2) is 9.67 Å². The van der Waals surface area contributed by atoms with Crippen molar-refractivity contribution in [3.8, 4) is 5.69 Å². The van der Waals surface area contributed by atoms with E-state index < -0.39 is 10.5 Å². The minimum atomic E-state index is -0.515. The fourth-order valence-corrected chi connectivity index (χ4v) is 3.76. The van der Waals surface area contributed by atoms with Crippen molar-refractivity contribution in [1.29, 1.82) is 0 Å². The van der Waals surface area contributed by atoms with Gasteiger partial charge in [-0.2, -0.15) is 5.10 Å². The van der Waals surface area contributed by atoms with Crippen molar-refractivity contribution in [3.05, 3.63) is 92.7 Å². The number of benzene rings is 2. The Balaban J connectivity index is 1.62. The summed E-state index contributed by atoms with van der Waals surface area (Å²) in [7, 11) is 0. The van der Waals surface area contributed by atoms with Gasteiger partial charge in [0.25, 0.3) is 11.2 Å². The summed E-state index contributed by atoms with van der Waals surface area (Å²) >= 11 is 0. The molecule has 2 aromatic carbocycles. The van der Waals surface area contributed by atoms with Crippen LogP contribution >= 0.6 is 0 Å². The van der Waals surface area contributed by atoms with Crippen molar-refractivity contribution < 1.29 is 9.72 Å². The van der Waals surface area contributed by atoms with Crippen molar-refractivity contribution in [3.63, 3.8) is 0 Å². The Kier molecular flexibility index (Phi) is 6.48. The van der Waals surface area contributed by atoms with Crippen molar-refractivity contribution in [2.24, 2.45) is 0 Å². The Labute approximate surface area is 195 Å². The normalized spacial score (nSPS) is 11.0. The lowest BCUT2D eigenvalue weighted by Crippen LogP contribution is -2.36. The maximum Gasteiger partial charge on any atom is 0.294 e. The zero-order valence-electron chi connectivity index (χ0n) is 18.9. The number of hydrogen-bond acceptors (Lipinski definition) is 6. The molecule has 34 heavy (non-hydrogen) atoms. The van der Waals surface area contributed by atoms with E-state index in [4.69, 9.17) is 0 Å². The summed E-state index contributed by atoms with van der Waals surface area (Å²) in [4.78, 5) is 43.0. The first-order chi connectivity index (χ1) is 16.4. The van der Waals surface area contributed by atoms with Crippen molar-refractivity contribution in [1.82, 2.24) is 24.2 Å². The molecule has 4 rings (SSSR count). The lowest BCUT2D eigenvalue weighted by molar-refractivity contribution is -0.384. The molecule has 4 aromatic rings. The van der Waals surface area contributed by atoms with Crippen molar-refractivity contribution >= 4 is 22.6 Å². The summed E-state index contributed by atoms with van der Waals surface area (Å²) in [5, 5.41) is 15.7. The molecule has 174 valence electrons. The summed E-state index contributed by atoms with van der Waals surface area (Å²) in [6.07, 6.45) is 3.39. The summed E-state index contributed by atoms with van der Waals surface area (Å²) in [5.41, 5.74) is 1.96. The lowest BCUT2D eigenvalue weighted by Gasteiger charge is -2.22. The van der Waals surface area contributed by atoms with Gasteiger partial charge in [-0.05, 0) is 25.0 Å². The molecule has 0 saturated carbocycles. The van der Waals surface area contributed by atoms with E-state index in [1.807, 2.05) is 38.1 Å². The number of nitro groups is 1. The van der Waals surface area contributed by atoms with Gasteiger partial charge in [0.05, 0.1) is 11.1 Å². The molecule has 10 heteroatoms. The van der Waals surface area contributed by atoms with Gasteiger partial charge in [-0.15, -0.1) is 0 Å². The number of aryl methyl sites for hydroxylation is 1. The first-order valence-electron chi connectivity index (χ1n) is 10.9. The second-order valence-corrected chi connectivity index (χ2v) is 8.02. The number of nitrogens with zero attached hydrogens (tertiary/aromatic N) is 6. The van der Waals surface area contributed by atoms with E-state index in [0.717, 1.165) is 17.5 Å². The lowest BCUT2D eigenvalue weighted by atomic mass is 10.1. The molecule has 0 fully saturated rings. The van der Waals surface area contributed by atoms with Crippen LogP contribution in [0.25, 0.3) is 16.7 Å². The monoisotopic (exact) mass is 460 g/mol. The van der Waals surface area contributed by atoms with Crippen molar-refractivity contribution in [2.45, 2.75) is 33.4 Å². The van der Waals surface area contributed by atoms with Gasteiger partial charge in [-0.3, -0.25) is 24.3 Å². The Morgan fingerprint density at radius 1 is 1.15 bits per heavy atom. The number of fused-ring (bicyclic) bond motifs is 1. The van der Waals surface area contributed by atoms with Gasteiger partial charge in [0.15, 0.2) is 5.65 Å². The Morgan fingerprint density at radius 2 is 1.88 bits per heavy atom. The average Bonchev–Trinajstić information content (AvgIpc) is 3.26. The van der Waals surface area contributed by atoms with E-state index in [1.165, 1.54) is 33.9 Å². The first-order valence-corrected chi connectivity index (χ1v) is 10.9. The summed E-state index contributed by atoms with van der Waals surface area (Å²) in [5.74, 6) is -0.197. The molecule has 0 aliphatic rings. The number of aromatic nitrogens is 4. The third kappa shape index (κ3) is 4.56. The third-order valence-electron chi connectivity index (χ3n) is 5.51. The van der Waals surface area contributed by atoms with Gasteiger partial charge in [0.1, 0.15) is 23.9 Å². The van der Waals surface area contributed by atoms with Crippen LogP contribution in [0.15, 0.2) is 65.8 Å².